The second-order valence-electron chi connectivity index (χ2n) is 6.80. The molecule has 1 aliphatic heterocycles. The Morgan fingerprint density at radius 3 is 2.75 bits per heavy atom. The molecule has 0 spiro atoms. The summed E-state index contributed by atoms with van der Waals surface area (Å²) in [6, 6.07) is 18.6. The van der Waals surface area contributed by atoms with Gasteiger partial charge in [0.1, 0.15) is 12.6 Å². The van der Waals surface area contributed by atoms with Crippen molar-refractivity contribution in [3.8, 4) is 0 Å². The van der Waals surface area contributed by atoms with Crippen molar-refractivity contribution in [3.63, 3.8) is 0 Å². The average Bonchev–Trinajstić information content (AvgIpc) is 3.23. The lowest BCUT2D eigenvalue weighted by atomic mass is 10.2. The molecular weight excluding hydrogens is 354 g/mol. The van der Waals surface area contributed by atoms with Gasteiger partial charge in [-0.15, -0.1) is 0 Å². The van der Waals surface area contributed by atoms with Gasteiger partial charge in [0.25, 0.3) is 0 Å². The number of benzene rings is 2. The van der Waals surface area contributed by atoms with Crippen molar-refractivity contribution < 1.29 is 14.3 Å². The van der Waals surface area contributed by atoms with Gasteiger partial charge in [0.15, 0.2) is 0 Å². The third kappa shape index (κ3) is 3.96. The van der Waals surface area contributed by atoms with Crippen molar-refractivity contribution in [1.29, 1.82) is 0 Å². The van der Waals surface area contributed by atoms with E-state index in [1.54, 1.807) is 6.20 Å². The van der Waals surface area contributed by atoms with E-state index in [1.807, 2.05) is 60.7 Å². The highest BCUT2D eigenvalue weighted by Crippen LogP contribution is 2.22. The number of fused-ring (bicyclic) bond motifs is 1. The molecule has 2 heterocycles. The SMILES string of the molecule is O=C(Nc1cnc2ccccc2c1)[C@@H]1CCCN1C(=O)OCc1ccccc1. The summed E-state index contributed by atoms with van der Waals surface area (Å²) in [5, 5.41) is 3.83. The maximum atomic E-state index is 12.8. The summed E-state index contributed by atoms with van der Waals surface area (Å²) < 4.78 is 5.39. The Labute approximate surface area is 163 Å². The maximum absolute atomic E-state index is 12.8. The van der Waals surface area contributed by atoms with E-state index >= 15 is 0 Å². The number of carbonyl (C=O) groups is 2. The van der Waals surface area contributed by atoms with Crippen LogP contribution in [0.25, 0.3) is 10.9 Å². The number of carbonyl (C=O) groups excluding carboxylic acids is 2. The average molecular weight is 375 g/mol. The lowest BCUT2D eigenvalue weighted by molar-refractivity contribution is -0.120. The van der Waals surface area contributed by atoms with Gasteiger partial charge in [-0.2, -0.15) is 0 Å². The molecule has 6 nitrogen and oxygen atoms in total. The fourth-order valence-corrected chi connectivity index (χ4v) is 3.42. The minimum Gasteiger partial charge on any atom is -0.445 e. The van der Waals surface area contributed by atoms with Crippen LogP contribution >= 0.6 is 0 Å². The van der Waals surface area contributed by atoms with Crippen LogP contribution in [0.5, 0.6) is 0 Å². The zero-order valence-corrected chi connectivity index (χ0v) is 15.4. The summed E-state index contributed by atoms with van der Waals surface area (Å²) in [4.78, 5) is 31.1. The molecule has 0 saturated carbocycles. The molecule has 2 amide bonds. The van der Waals surface area contributed by atoms with E-state index in [4.69, 9.17) is 4.74 Å². The van der Waals surface area contributed by atoms with Gasteiger partial charge in [-0.25, -0.2) is 4.79 Å². The highest BCUT2D eigenvalue weighted by molar-refractivity contribution is 5.98. The predicted octanol–water partition coefficient (Wildman–Crippen LogP) is 3.97. The van der Waals surface area contributed by atoms with E-state index in [1.165, 1.54) is 4.90 Å². The lowest BCUT2D eigenvalue weighted by Gasteiger charge is -2.23. The van der Waals surface area contributed by atoms with Crippen molar-refractivity contribution in [3.05, 3.63) is 72.4 Å². The van der Waals surface area contributed by atoms with E-state index in [-0.39, 0.29) is 12.5 Å². The molecule has 1 N–H and O–H groups in total. The van der Waals surface area contributed by atoms with Gasteiger partial charge in [0.05, 0.1) is 17.4 Å². The van der Waals surface area contributed by atoms with Gasteiger partial charge in [-0.05, 0) is 30.5 Å². The molecule has 0 radical (unpaired) electrons. The Balaban J connectivity index is 1.40. The number of hydrogen-bond acceptors (Lipinski definition) is 4. The molecular formula is C22H21N3O3. The molecule has 28 heavy (non-hydrogen) atoms. The fourth-order valence-electron chi connectivity index (χ4n) is 3.42. The van der Waals surface area contributed by atoms with Crippen molar-refractivity contribution in [1.82, 2.24) is 9.88 Å². The smallest absolute Gasteiger partial charge is 0.410 e. The van der Waals surface area contributed by atoms with E-state index in [0.717, 1.165) is 22.9 Å². The van der Waals surface area contributed by atoms with Gasteiger partial charge in [-0.1, -0.05) is 48.5 Å². The van der Waals surface area contributed by atoms with Crippen LogP contribution in [0.2, 0.25) is 0 Å². The number of para-hydroxylation sites is 1. The molecule has 3 aromatic rings. The number of likely N-dealkylation sites (tertiary alicyclic amines) is 1. The Morgan fingerprint density at radius 2 is 1.89 bits per heavy atom. The lowest BCUT2D eigenvalue weighted by Crippen LogP contribution is -2.43. The van der Waals surface area contributed by atoms with Crippen LogP contribution in [0.3, 0.4) is 0 Å². The van der Waals surface area contributed by atoms with Crippen LogP contribution in [-0.2, 0) is 16.1 Å². The number of anilines is 1. The summed E-state index contributed by atoms with van der Waals surface area (Å²) in [6.45, 7) is 0.709. The van der Waals surface area contributed by atoms with Crippen LogP contribution in [0.4, 0.5) is 10.5 Å². The number of pyridine rings is 1. The van der Waals surface area contributed by atoms with Gasteiger partial charge >= 0.3 is 6.09 Å². The summed E-state index contributed by atoms with van der Waals surface area (Å²) >= 11 is 0. The Kier molecular flexibility index (Phi) is 5.19. The largest absolute Gasteiger partial charge is 0.445 e. The number of amides is 2. The second kappa shape index (κ2) is 8.08. The van der Waals surface area contributed by atoms with Crippen LogP contribution in [-0.4, -0.2) is 34.5 Å². The van der Waals surface area contributed by atoms with Gasteiger partial charge in [0.2, 0.25) is 5.91 Å². The number of nitrogens with one attached hydrogen (secondary N) is 1. The summed E-state index contributed by atoms with van der Waals surface area (Å²) in [5.41, 5.74) is 2.40. The zero-order chi connectivity index (χ0) is 19.3. The van der Waals surface area contributed by atoms with Crippen LogP contribution < -0.4 is 5.32 Å². The first-order chi connectivity index (χ1) is 13.7. The monoisotopic (exact) mass is 375 g/mol. The molecule has 0 unspecified atom stereocenters. The maximum Gasteiger partial charge on any atom is 0.410 e. The third-order valence-corrected chi connectivity index (χ3v) is 4.85. The summed E-state index contributed by atoms with van der Waals surface area (Å²) in [6.07, 6.45) is 2.56. The quantitative estimate of drug-likeness (QED) is 0.749. The molecule has 0 aliphatic carbocycles. The van der Waals surface area contributed by atoms with E-state index < -0.39 is 12.1 Å². The zero-order valence-electron chi connectivity index (χ0n) is 15.4. The Hall–Kier alpha value is -3.41. The molecule has 0 bridgehead atoms. The number of hydrogen-bond donors (Lipinski definition) is 1. The van der Waals surface area contributed by atoms with Gasteiger partial charge in [-0.3, -0.25) is 14.7 Å². The van der Waals surface area contributed by atoms with E-state index in [0.29, 0.717) is 18.7 Å². The molecule has 1 atom stereocenters. The first kappa shape index (κ1) is 18.0. The Morgan fingerprint density at radius 1 is 1.11 bits per heavy atom. The molecule has 4 rings (SSSR count). The molecule has 1 aliphatic rings. The standard InChI is InChI=1S/C22H21N3O3/c26-21(24-18-13-17-9-4-5-10-19(17)23-14-18)20-11-6-12-25(20)22(27)28-15-16-7-2-1-3-8-16/h1-5,7-10,13-14,20H,6,11-12,15H2,(H,24,26)/t20-/m0/s1. The molecule has 2 aromatic carbocycles. The first-order valence-electron chi connectivity index (χ1n) is 9.34. The minimum absolute atomic E-state index is 0.194. The molecule has 1 aromatic heterocycles. The van der Waals surface area contributed by atoms with Crippen molar-refractivity contribution >= 4 is 28.6 Å². The van der Waals surface area contributed by atoms with Crippen LogP contribution in [0.1, 0.15) is 18.4 Å². The van der Waals surface area contributed by atoms with E-state index in [9.17, 15) is 9.59 Å². The summed E-state index contributed by atoms with van der Waals surface area (Å²) in [7, 11) is 0. The van der Waals surface area contributed by atoms with E-state index in [2.05, 4.69) is 10.3 Å². The highest BCUT2D eigenvalue weighted by Gasteiger charge is 2.35. The molecule has 1 saturated heterocycles. The fraction of sp³-hybridized carbons (Fsp3) is 0.227. The normalized spacial score (nSPS) is 16.1. The first-order valence-corrected chi connectivity index (χ1v) is 9.34. The number of aromatic nitrogens is 1. The number of nitrogens with zero attached hydrogens (tertiary/aromatic N) is 2. The number of rotatable bonds is 4. The second-order valence-corrected chi connectivity index (χ2v) is 6.80. The van der Waals surface area contributed by atoms with Gasteiger partial charge < -0.3 is 10.1 Å². The van der Waals surface area contributed by atoms with Crippen LogP contribution in [0.15, 0.2) is 66.9 Å². The highest BCUT2D eigenvalue weighted by atomic mass is 16.6. The minimum atomic E-state index is -0.533. The van der Waals surface area contributed by atoms with Crippen LogP contribution in [0, 0.1) is 0 Å². The van der Waals surface area contributed by atoms with Gasteiger partial charge in [0, 0.05) is 11.9 Å². The van der Waals surface area contributed by atoms with Crippen molar-refractivity contribution in [2.24, 2.45) is 0 Å². The number of ether oxygens (including phenoxy) is 1. The van der Waals surface area contributed by atoms with Crippen molar-refractivity contribution in [2.75, 3.05) is 11.9 Å². The molecule has 6 heteroatoms. The summed E-state index contributed by atoms with van der Waals surface area (Å²) in [5.74, 6) is -0.216. The Bertz CT molecular complexity index is 990. The topological polar surface area (TPSA) is 71.5 Å². The predicted molar refractivity (Wildman–Crippen MR) is 107 cm³/mol. The molecule has 142 valence electrons. The molecule has 1 fully saturated rings. The van der Waals surface area contributed by atoms with Crippen molar-refractivity contribution in [2.45, 2.75) is 25.5 Å². The third-order valence-electron chi connectivity index (χ3n) is 4.85.